The summed E-state index contributed by atoms with van der Waals surface area (Å²) in [4.78, 5) is 15.7. The third-order valence-corrected chi connectivity index (χ3v) is 5.20. The monoisotopic (exact) mass is 352 g/mol. The second kappa shape index (κ2) is 9.79. The van der Waals surface area contributed by atoms with Crippen LogP contribution in [0.3, 0.4) is 0 Å². The molecule has 1 amide bonds. The lowest BCUT2D eigenvalue weighted by Crippen LogP contribution is -2.42. The van der Waals surface area contributed by atoms with Crippen molar-refractivity contribution >= 4 is 17.7 Å². The summed E-state index contributed by atoms with van der Waals surface area (Å²) in [6, 6.07) is 6.22. The number of amides is 1. The van der Waals surface area contributed by atoms with Gasteiger partial charge in [-0.05, 0) is 37.6 Å². The Morgan fingerprint density at radius 2 is 2.12 bits per heavy atom. The average molecular weight is 353 g/mol. The van der Waals surface area contributed by atoms with E-state index >= 15 is 0 Å². The van der Waals surface area contributed by atoms with E-state index in [0.29, 0.717) is 12.5 Å². The van der Waals surface area contributed by atoms with Crippen LogP contribution in [0.5, 0.6) is 11.5 Å². The molecule has 2 rings (SSSR count). The molecule has 1 aromatic carbocycles. The molecule has 0 radical (unpaired) electrons. The van der Waals surface area contributed by atoms with Gasteiger partial charge in [-0.1, -0.05) is 6.92 Å². The van der Waals surface area contributed by atoms with Crippen LogP contribution in [-0.2, 0) is 4.79 Å². The second-order valence-corrected chi connectivity index (χ2v) is 7.02. The number of ether oxygens (including phenoxy) is 2. The largest absolute Gasteiger partial charge is 0.493 e. The smallest absolute Gasteiger partial charge is 0.223 e. The topological polar surface area (TPSA) is 50.8 Å². The van der Waals surface area contributed by atoms with Crippen LogP contribution in [0.1, 0.15) is 26.2 Å². The van der Waals surface area contributed by atoms with Crippen LogP contribution in [0.2, 0.25) is 0 Å². The van der Waals surface area contributed by atoms with E-state index in [2.05, 4.69) is 17.1 Å². The second-order valence-electron chi connectivity index (χ2n) is 5.85. The first-order valence-electron chi connectivity index (χ1n) is 8.54. The Kier molecular flexibility index (Phi) is 7.72. The first-order valence-corrected chi connectivity index (χ1v) is 9.53. The van der Waals surface area contributed by atoms with Gasteiger partial charge in [0.1, 0.15) is 0 Å². The lowest BCUT2D eigenvalue weighted by atomic mass is 10.2. The van der Waals surface area contributed by atoms with Crippen molar-refractivity contribution in [2.24, 2.45) is 0 Å². The summed E-state index contributed by atoms with van der Waals surface area (Å²) >= 11 is 1.68. The van der Waals surface area contributed by atoms with Crippen LogP contribution in [-0.4, -0.2) is 56.5 Å². The SMILES string of the molecule is CCCN(C(=O)CCSc1ccc(OC)c(OC)c1)C1CCNC1. The number of carbonyl (C=O) groups excluding carboxylic acids is 1. The summed E-state index contributed by atoms with van der Waals surface area (Å²) in [5.74, 6) is 2.48. The molecule has 0 bridgehead atoms. The normalized spacial score (nSPS) is 16.9. The number of nitrogens with one attached hydrogen (secondary N) is 1. The summed E-state index contributed by atoms with van der Waals surface area (Å²) in [6.07, 6.45) is 2.63. The molecule has 0 aliphatic carbocycles. The van der Waals surface area contributed by atoms with Gasteiger partial charge >= 0.3 is 0 Å². The molecule has 0 spiro atoms. The number of carbonyl (C=O) groups is 1. The van der Waals surface area contributed by atoms with Crippen LogP contribution < -0.4 is 14.8 Å². The minimum absolute atomic E-state index is 0.263. The zero-order valence-electron chi connectivity index (χ0n) is 14.8. The van der Waals surface area contributed by atoms with Gasteiger partial charge in [-0.25, -0.2) is 0 Å². The van der Waals surface area contributed by atoms with Gasteiger partial charge in [0.25, 0.3) is 0 Å². The molecule has 6 heteroatoms. The first-order chi connectivity index (χ1) is 11.7. The van der Waals surface area contributed by atoms with Gasteiger partial charge in [0.2, 0.25) is 5.91 Å². The van der Waals surface area contributed by atoms with Gasteiger partial charge in [0.15, 0.2) is 11.5 Å². The standard InChI is InChI=1S/C18H28N2O3S/c1-4-10-20(14-7-9-19-13-14)18(21)8-11-24-15-5-6-16(22-2)17(12-15)23-3/h5-6,12,14,19H,4,7-11,13H2,1-3H3. The van der Waals surface area contributed by atoms with E-state index in [1.807, 2.05) is 18.2 Å². The molecule has 134 valence electrons. The average Bonchev–Trinajstić information content (AvgIpc) is 3.13. The molecule has 0 saturated carbocycles. The maximum Gasteiger partial charge on any atom is 0.223 e. The Balaban J connectivity index is 1.86. The molecule has 1 N–H and O–H groups in total. The van der Waals surface area contributed by atoms with Crippen molar-refractivity contribution < 1.29 is 14.3 Å². The minimum atomic E-state index is 0.263. The molecule has 5 nitrogen and oxygen atoms in total. The third-order valence-electron chi connectivity index (χ3n) is 4.20. The van der Waals surface area contributed by atoms with Crippen molar-refractivity contribution in [1.29, 1.82) is 0 Å². The molecule has 1 saturated heterocycles. The molecule has 1 aromatic rings. The van der Waals surface area contributed by atoms with Crippen molar-refractivity contribution in [3.63, 3.8) is 0 Å². The predicted octanol–water partition coefficient (Wildman–Crippen LogP) is 2.79. The minimum Gasteiger partial charge on any atom is -0.493 e. The highest BCUT2D eigenvalue weighted by Gasteiger charge is 2.25. The van der Waals surface area contributed by atoms with Gasteiger partial charge in [0.05, 0.1) is 14.2 Å². The molecule has 1 fully saturated rings. The Labute approximate surface area is 149 Å². The Morgan fingerprint density at radius 3 is 2.75 bits per heavy atom. The van der Waals surface area contributed by atoms with Gasteiger partial charge < -0.3 is 19.7 Å². The van der Waals surface area contributed by atoms with Crippen LogP contribution in [0.25, 0.3) is 0 Å². The van der Waals surface area contributed by atoms with Crippen LogP contribution in [0.15, 0.2) is 23.1 Å². The van der Waals surface area contributed by atoms with E-state index in [0.717, 1.165) is 54.6 Å². The van der Waals surface area contributed by atoms with E-state index in [9.17, 15) is 4.79 Å². The fourth-order valence-electron chi connectivity index (χ4n) is 2.96. The summed E-state index contributed by atoms with van der Waals surface area (Å²) in [6.45, 7) is 4.92. The molecule has 1 aliphatic heterocycles. The first kappa shape index (κ1) is 18.9. The van der Waals surface area contributed by atoms with Crippen molar-refractivity contribution in [3.8, 4) is 11.5 Å². The quantitative estimate of drug-likeness (QED) is 0.693. The molecular formula is C18H28N2O3S. The lowest BCUT2D eigenvalue weighted by molar-refractivity contribution is -0.132. The highest BCUT2D eigenvalue weighted by atomic mass is 32.2. The number of methoxy groups -OCH3 is 2. The Morgan fingerprint density at radius 1 is 1.33 bits per heavy atom. The highest BCUT2D eigenvalue weighted by Crippen LogP contribution is 2.32. The van der Waals surface area contributed by atoms with E-state index in [1.165, 1.54) is 0 Å². The third kappa shape index (κ3) is 5.05. The fourth-order valence-corrected chi connectivity index (χ4v) is 3.83. The molecule has 1 unspecified atom stereocenters. The molecule has 1 heterocycles. The highest BCUT2D eigenvalue weighted by molar-refractivity contribution is 7.99. The van der Waals surface area contributed by atoms with E-state index in [-0.39, 0.29) is 5.91 Å². The van der Waals surface area contributed by atoms with Gasteiger partial charge in [-0.3, -0.25) is 4.79 Å². The van der Waals surface area contributed by atoms with E-state index in [4.69, 9.17) is 9.47 Å². The fraction of sp³-hybridized carbons (Fsp3) is 0.611. The summed E-state index contributed by atoms with van der Waals surface area (Å²) < 4.78 is 10.6. The summed E-state index contributed by atoms with van der Waals surface area (Å²) in [7, 11) is 3.26. The van der Waals surface area contributed by atoms with Gasteiger partial charge in [0, 0.05) is 36.2 Å². The number of thioether (sulfide) groups is 1. The van der Waals surface area contributed by atoms with Crippen molar-refractivity contribution in [3.05, 3.63) is 18.2 Å². The van der Waals surface area contributed by atoms with Crippen molar-refractivity contribution in [2.75, 3.05) is 39.6 Å². The van der Waals surface area contributed by atoms with Crippen LogP contribution in [0.4, 0.5) is 0 Å². The summed E-state index contributed by atoms with van der Waals surface area (Å²) in [5.41, 5.74) is 0. The Hall–Kier alpha value is -1.40. The molecule has 1 aliphatic rings. The number of hydrogen-bond acceptors (Lipinski definition) is 5. The van der Waals surface area contributed by atoms with Gasteiger partial charge in [-0.2, -0.15) is 0 Å². The maximum atomic E-state index is 12.6. The number of nitrogens with zero attached hydrogens (tertiary/aromatic N) is 1. The van der Waals surface area contributed by atoms with E-state index < -0.39 is 0 Å². The predicted molar refractivity (Wildman–Crippen MR) is 98.2 cm³/mol. The zero-order chi connectivity index (χ0) is 17.4. The molecular weight excluding hydrogens is 324 g/mol. The maximum absolute atomic E-state index is 12.6. The number of hydrogen-bond donors (Lipinski definition) is 1. The number of benzene rings is 1. The molecule has 0 aromatic heterocycles. The molecule has 24 heavy (non-hydrogen) atoms. The summed E-state index contributed by atoms with van der Waals surface area (Å²) in [5, 5.41) is 3.35. The van der Waals surface area contributed by atoms with Crippen LogP contribution >= 0.6 is 11.8 Å². The van der Waals surface area contributed by atoms with Crippen LogP contribution in [0, 0.1) is 0 Å². The Bertz CT molecular complexity index is 533. The zero-order valence-corrected chi connectivity index (χ0v) is 15.7. The lowest BCUT2D eigenvalue weighted by Gasteiger charge is -2.28. The van der Waals surface area contributed by atoms with Crippen molar-refractivity contribution in [1.82, 2.24) is 10.2 Å². The van der Waals surface area contributed by atoms with Crippen molar-refractivity contribution in [2.45, 2.75) is 37.1 Å². The van der Waals surface area contributed by atoms with Gasteiger partial charge in [-0.15, -0.1) is 11.8 Å². The molecule has 1 atom stereocenters. The van der Waals surface area contributed by atoms with E-state index in [1.54, 1.807) is 26.0 Å². The number of rotatable bonds is 9.